The van der Waals surface area contributed by atoms with Gasteiger partial charge in [-0.25, -0.2) is 4.39 Å². The fraction of sp³-hybridized carbons (Fsp3) is 0.176. The van der Waals surface area contributed by atoms with Crippen molar-refractivity contribution in [3.05, 3.63) is 56.7 Å². The number of oxime groups is 1. The highest BCUT2D eigenvalue weighted by molar-refractivity contribution is 9.11. The van der Waals surface area contributed by atoms with E-state index in [4.69, 9.17) is 9.57 Å². The van der Waals surface area contributed by atoms with Gasteiger partial charge < -0.3 is 14.9 Å². The second kappa shape index (κ2) is 7.53. The highest BCUT2D eigenvalue weighted by atomic mass is 79.9. The standard InChI is InChI=1S/C17H13Br2FN2O3/c1-24-11-4-2-9(3-5-11)14-8-15(25-22-14)17(23)21-16-12(18)6-10(20)7-13(16)19/h2-7,15H,8H2,1H3,(H,21,23). The maximum atomic E-state index is 13.3. The van der Waals surface area contributed by atoms with Crippen LogP contribution in [0.3, 0.4) is 0 Å². The Hall–Kier alpha value is -1.93. The SMILES string of the molecule is COc1ccc(C2=NOC(C(=O)Nc3c(Br)cc(F)cc3Br)C2)cc1. The van der Waals surface area contributed by atoms with Crippen molar-refractivity contribution >= 4 is 49.2 Å². The number of methoxy groups -OCH3 is 1. The average molecular weight is 472 g/mol. The van der Waals surface area contributed by atoms with E-state index >= 15 is 0 Å². The molecule has 1 aliphatic rings. The van der Waals surface area contributed by atoms with Gasteiger partial charge in [-0.2, -0.15) is 0 Å². The van der Waals surface area contributed by atoms with Gasteiger partial charge >= 0.3 is 0 Å². The predicted molar refractivity (Wildman–Crippen MR) is 99.5 cm³/mol. The van der Waals surface area contributed by atoms with Gasteiger partial charge in [0.15, 0.2) is 0 Å². The number of nitrogens with one attached hydrogen (secondary N) is 1. The zero-order valence-corrected chi connectivity index (χ0v) is 16.2. The van der Waals surface area contributed by atoms with E-state index in [1.165, 1.54) is 12.1 Å². The van der Waals surface area contributed by atoms with Crippen molar-refractivity contribution in [3.63, 3.8) is 0 Å². The highest BCUT2D eigenvalue weighted by Crippen LogP contribution is 2.32. The number of hydrogen-bond acceptors (Lipinski definition) is 4. The van der Waals surface area contributed by atoms with Gasteiger partial charge in [-0.1, -0.05) is 5.16 Å². The molecule has 1 N–H and O–H groups in total. The van der Waals surface area contributed by atoms with Crippen molar-refractivity contribution < 1.29 is 18.8 Å². The number of carbonyl (C=O) groups excluding carboxylic acids is 1. The number of hydrogen-bond donors (Lipinski definition) is 1. The summed E-state index contributed by atoms with van der Waals surface area (Å²) in [5.41, 5.74) is 1.98. The van der Waals surface area contributed by atoms with Crippen LogP contribution in [0.4, 0.5) is 10.1 Å². The van der Waals surface area contributed by atoms with E-state index in [1.54, 1.807) is 7.11 Å². The number of nitrogens with zero attached hydrogens (tertiary/aromatic N) is 1. The molecule has 25 heavy (non-hydrogen) atoms. The van der Waals surface area contributed by atoms with E-state index in [0.29, 0.717) is 26.8 Å². The van der Waals surface area contributed by atoms with Crippen molar-refractivity contribution in [2.45, 2.75) is 12.5 Å². The first-order chi connectivity index (χ1) is 12.0. The summed E-state index contributed by atoms with van der Waals surface area (Å²) in [6.45, 7) is 0. The molecule has 8 heteroatoms. The number of ether oxygens (including phenoxy) is 1. The quantitative estimate of drug-likeness (QED) is 0.714. The smallest absolute Gasteiger partial charge is 0.268 e. The summed E-state index contributed by atoms with van der Waals surface area (Å²) >= 11 is 6.46. The fourth-order valence-electron chi connectivity index (χ4n) is 2.34. The number of rotatable bonds is 4. The summed E-state index contributed by atoms with van der Waals surface area (Å²) in [6, 6.07) is 9.89. The van der Waals surface area contributed by atoms with Gasteiger partial charge in [-0.3, -0.25) is 4.79 Å². The molecule has 1 amide bonds. The van der Waals surface area contributed by atoms with E-state index in [0.717, 1.165) is 11.3 Å². The second-order valence-electron chi connectivity index (χ2n) is 5.30. The Morgan fingerprint density at radius 2 is 1.92 bits per heavy atom. The van der Waals surface area contributed by atoms with Gasteiger partial charge in [0, 0.05) is 15.4 Å². The molecule has 0 aliphatic carbocycles. The Bertz CT molecular complexity index is 817. The summed E-state index contributed by atoms with van der Waals surface area (Å²) in [5, 5.41) is 6.72. The van der Waals surface area contributed by atoms with E-state index in [1.807, 2.05) is 24.3 Å². The van der Waals surface area contributed by atoms with Crippen LogP contribution in [-0.4, -0.2) is 24.8 Å². The molecular weight excluding hydrogens is 459 g/mol. The van der Waals surface area contributed by atoms with Crippen molar-refractivity contribution in [1.29, 1.82) is 0 Å². The van der Waals surface area contributed by atoms with Gasteiger partial charge in [0.25, 0.3) is 5.91 Å². The molecular formula is C17H13Br2FN2O3. The van der Waals surface area contributed by atoms with Crippen LogP contribution >= 0.6 is 31.9 Å². The van der Waals surface area contributed by atoms with Crippen LogP contribution < -0.4 is 10.1 Å². The van der Waals surface area contributed by atoms with Gasteiger partial charge in [-0.05, 0) is 73.8 Å². The van der Waals surface area contributed by atoms with E-state index in [-0.39, 0.29) is 5.91 Å². The fourth-order valence-corrected chi connectivity index (χ4v) is 3.67. The molecule has 0 radical (unpaired) electrons. The summed E-state index contributed by atoms with van der Waals surface area (Å²) in [5.74, 6) is -0.0390. The lowest BCUT2D eigenvalue weighted by Gasteiger charge is -2.12. The van der Waals surface area contributed by atoms with Crippen molar-refractivity contribution in [1.82, 2.24) is 0 Å². The van der Waals surface area contributed by atoms with E-state index < -0.39 is 11.9 Å². The lowest BCUT2D eigenvalue weighted by Crippen LogP contribution is -2.28. The molecule has 0 saturated carbocycles. The van der Waals surface area contributed by atoms with Crippen LogP contribution in [0.15, 0.2) is 50.5 Å². The summed E-state index contributed by atoms with van der Waals surface area (Å²) in [7, 11) is 1.59. The first-order valence-corrected chi connectivity index (χ1v) is 8.89. The van der Waals surface area contributed by atoms with Gasteiger partial charge in [0.1, 0.15) is 11.6 Å². The molecule has 1 aliphatic heterocycles. The molecule has 0 saturated heterocycles. The number of benzene rings is 2. The molecule has 3 rings (SSSR count). The highest BCUT2D eigenvalue weighted by Gasteiger charge is 2.29. The molecule has 5 nitrogen and oxygen atoms in total. The topological polar surface area (TPSA) is 59.9 Å². The molecule has 0 fully saturated rings. The molecule has 0 spiro atoms. The average Bonchev–Trinajstić information content (AvgIpc) is 3.08. The molecule has 130 valence electrons. The lowest BCUT2D eigenvalue weighted by molar-refractivity contribution is -0.125. The minimum absolute atomic E-state index is 0.342. The third-order valence-electron chi connectivity index (χ3n) is 3.64. The molecule has 1 atom stereocenters. The minimum Gasteiger partial charge on any atom is -0.497 e. The molecule has 0 bridgehead atoms. The van der Waals surface area contributed by atoms with Crippen LogP contribution in [0.1, 0.15) is 12.0 Å². The maximum absolute atomic E-state index is 13.3. The van der Waals surface area contributed by atoms with Gasteiger partial charge in [0.2, 0.25) is 6.10 Å². The Morgan fingerprint density at radius 1 is 1.28 bits per heavy atom. The summed E-state index contributed by atoms with van der Waals surface area (Å²) < 4.78 is 19.3. The van der Waals surface area contributed by atoms with E-state index in [9.17, 15) is 9.18 Å². The number of anilines is 1. The predicted octanol–water partition coefficient (Wildman–Crippen LogP) is 4.49. The Balaban J connectivity index is 1.67. The Labute approximate surface area is 160 Å². The molecule has 2 aromatic carbocycles. The monoisotopic (exact) mass is 470 g/mol. The van der Waals surface area contributed by atoms with E-state index in [2.05, 4.69) is 42.3 Å². The zero-order chi connectivity index (χ0) is 18.0. The summed E-state index contributed by atoms with van der Waals surface area (Å²) in [4.78, 5) is 17.7. The number of amides is 1. The molecule has 0 aromatic heterocycles. The van der Waals surface area contributed by atoms with Gasteiger partial charge in [0.05, 0.1) is 18.5 Å². The van der Waals surface area contributed by atoms with Gasteiger partial charge in [-0.15, -0.1) is 0 Å². The second-order valence-corrected chi connectivity index (χ2v) is 7.01. The Morgan fingerprint density at radius 3 is 2.52 bits per heavy atom. The third kappa shape index (κ3) is 4.01. The number of halogens is 3. The van der Waals surface area contributed by atoms with Crippen molar-refractivity contribution in [2.24, 2.45) is 5.16 Å². The number of carbonyl (C=O) groups is 1. The first kappa shape index (κ1) is 17.9. The Kier molecular flexibility index (Phi) is 5.39. The third-order valence-corrected chi connectivity index (χ3v) is 4.89. The molecule has 1 unspecified atom stereocenters. The van der Waals surface area contributed by atoms with Crippen LogP contribution in [0.5, 0.6) is 5.75 Å². The van der Waals surface area contributed by atoms with Crippen molar-refractivity contribution in [2.75, 3.05) is 12.4 Å². The largest absolute Gasteiger partial charge is 0.497 e. The molecule has 2 aromatic rings. The van der Waals surface area contributed by atoms with Crippen LogP contribution in [0.2, 0.25) is 0 Å². The first-order valence-electron chi connectivity index (χ1n) is 7.30. The lowest BCUT2D eigenvalue weighted by atomic mass is 10.0. The van der Waals surface area contributed by atoms with Crippen LogP contribution in [0, 0.1) is 5.82 Å². The minimum atomic E-state index is -0.749. The summed E-state index contributed by atoms with van der Waals surface area (Å²) in [6.07, 6.45) is -0.407. The maximum Gasteiger partial charge on any atom is 0.268 e. The van der Waals surface area contributed by atoms with Crippen LogP contribution in [0.25, 0.3) is 0 Å². The normalized spacial score (nSPS) is 16.2. The van der Waals surface area contributed by atoms with Crippen LogP contribution in [-0.2, 0) is 9.63 Å². The molecule has 1 heterocycles. The zero-order valence-electron chi connectivity index (χ0n) is 13.1. The van der Waals surface area contributed by atoms with Crippen molar-refractivity contribution in [3.8, 4) is 5.75 Å².